The number of aromatic amines is 1. The fraction of sp³-hybridized carbons (Fsp3) is 0.167. The van der Waals surface area contributed by atoms with Gasteiger partial charge in [-0.05, 0) is 25.1 Å². The van der Waals surface area contributed by atoms with Gasteiger partial charge in [-0.25, -0.2) is 9.37 Å². The van der Waals surface area contributed by atoms with Crippen molar-refractivity contribution in [1.29, 1.82) is 5.26 Å². The van der Waals surface area contributed by atoms with Gasteiger partial charge in [0.15, 0.2) is 0 Å². The molecule has 0 spiro atoms. The summed E-state index contributed by atoms with van der Waals surface area (Å²) in [4.78, 5) is 6.90. The summed E-state index contributed by atoms with van der Waals surface area (Å²) >= 11 is 0. The number of H-pyrrole nitrogens is 1. The van der Waals surface area contributed by atoms with Crippen molar-refractivity contribution in [2.24, 2.45) is 0 Å². The van der Waals surface area contributed by atoms with Crippen molar-refractivity contribution in [3.05, 3.63) is 35.5 Å². The largest absolute Gasteiger partial charge is 0.496 e. The van der Waals surface area contributed by atoms with Crippen molar-refractivity contribution in [2.45, 2.75) is 6.92 Å². The van der Waals surface area contributed by atoms with E-state index < -0.39 is 0 Å². The highest BCUT2D eigenvalue weighted by Gasteiger charge is 2.14. The molecule has 0 radical (unpaired) electrons. The van der Waals surface area contributed by atoms with Crippen molar-refractivity contribution >= 4 is 0 Å². The number of aromatic nitrogens is 2. The Morgan fingerprint density at radius 1 is 1.47 bits per heavy atom. The Kier molecular flexibility index (Phi) is 2.79. The number of hydrogen-bond donors (Lipinski definition) is 1. The molecule has 1 aromatic carbocycles. The van der Waals surface area contributed by atoms with E-state index in [2.05, 4.69) is 9.97 Å². The Hall–Kier alpha value is -2.35. The third kappa shape index (κ3) is 1.97. The molecule has 0 aliphatic carbocycles. The molecular formula is C12H10FN3O. The molecule has 0 saturated heterocycles. The number of aryl methyl sites for hydroxylation is 1. The fourth-order valence-corrected chi connectivity index (χ4v) is 1.64. The second-order valence-electron chi connectivity index (χ2n) is 3.52. The van der Waals surface area contributed by atoms with Gasteiger partial charge < -0.3 is 9.72 Å². The van der Waals surface area contributed by atoms with Gasteiger partial charge in [-0.2, -0.15) is 5.26 Å². The zero-order valence-corrected chi connectivity index (χ0v) is 9.41. The zero-order valence-electron chi connectivity index (χ0n) is 9.41. The SMILES string of the molecule is COc1ccc(F)cc1-c1nc(C#N)[nH]c1C. The van der Waals surface area contributed by atoms with Crippen LogP contribution in [0.15, 0.2) is 18.2 Å². The second-order valence-corrected chi connectivity index (χ2v) is 3.52. The minimum Gasteiger partial charge on any atom is -0.496 e. The molecule has 4 nitrogen and oxygen atoms in total. The van der Waals surface area contributed by atoms with Crippen LogP contribution in [0, 0.1) is 24.1 Å². The molecule has 1 N–H and O–H groups in total. The first-order valence-electron chi connectivity index (χ1n) is 4.96. The summed E-state index contributed by atoms with van der Waals surface area (Å²) in [7, 11) is 1.50. The molecule has 0 aliphatic heterocycles. The van der Waals surface area contributed by atoms with Crippen LogP contribution in [0.1, 0.15) is 11.5 Å². The Morgan fingerprint density at radius 2 is 2.24 bits per heavy atom. The Morgan fingerprint density at radius 3 is 2.82 bits per heavy atom. The number of methoxy groups -OCH3 is 1. The van der Waals surface area contributed by atoms with Crippen LogP contribution in [-0.2, 0) is 0 Å². The summed E-state index contributed by atoms with van der Waals surface area (Å²) in [5.41, 5.74) is 1.76. The van der Waals surface area contributed by atoms with Crippen molar-refractivity contribution in [3.63, 3.8) is 0 Å². The summed E-state index contributed by atoms with van der Waals surface area (Å²) in [6.45, 7) is 1.77. The first-order valence-corrected chi connectivity index (χ1v) is 4.96. The number of ether oxygens (including phenoxy) is 1. The molecule has 2 aromatic rings. The van der Waals surface area contributed by atoms with Gasteiger partial charge in [-0.15, -0.1) is 0 Å². The Labute approximate surface area is 97.7 Å². The van der Waals surface area contributed by atoms with Crippen LogP contribution in [-0.4, -0.2) is 17.1 Å². The van der Waals surface area contributed by atoms with E-state index in [1.165, 1.54) is 25.3 Å². The maximum atomic E-state index is 13.2. The van der Waals surface area contributed by atoms with Crippen molar-refractivity contribution in [1.82, 2.24) is 9.97 Å². The highest BCUT2D eigenvalue weighted by atomic mass is 19.1. The average Bonchev–Trinajstić information content (AvgIpc) is 2.70. The topological polar surface area (TPSA) is 61.7 Å². The number of nitriles is 1. The molecular weight excluding hydrogens is 221 g/mol. The molecule has 0 unspecified atom stereocenters. The monoisotopic (exact) mass is 231 g/mol. The number of imidazole rings is 1. The first-order chi connectivity index (χ1) is 8.15. The average molecular weight is 231 g/mol. The van der Waals surface area contributed by atoms with Gasteiger partial charge >= 0.3 is 0 Å². The number of rotatable bonds is 2. The summed E-state index contributed by atoms with van der Waals surface area (Å²) in [5.74, 6) is 0.344. The molecule has 86 valence electrons. The first kappa shape index (κ1) is 11.1. The number of benzene rings is 1. The number of hydrogen-bond acceptors (Lipinski definition) is 3. The van der Waals surface area contributed by atoms with Gasteiger partial charge in [0.25, 0.3) is 0 Å². The molecule has 5 heteroatoms. The van der Waals surface area contributed by atoms with E-state index in [4.69, 9.17) is 10.00 Å². The number of nitrogens with one attached hydrogen (secondary N) is 1. The van der Waals surface area contributed by atoms with Crippen molar-refractivity contribution in [3.8, 4) is 23.1 Å². The lowest BCUT2D eigenvalue weighted by Crippen LogP contribution is -1.91. The molecule has 17 heavy (non-hydrogen) atoms. The van der Waals surface area contributed by atoms with E-state index >= 15 is 0 Å². The zero-order chi connectivity index (χ0) is 12.4. The molecule has 0 bridgehead atoms. The lowest BCUT2D eigenvalue weighted by Gasteiger charge is -2.06. The van der Waals surface area contributed by atoms with Crippen LogP contribution in [0.3, 0.4) is 0 Å². The standard InChI is InChI=1S/C12H10FN3O/c1-7-12(16-11(6-14)15-7)9-5-8(13)3-4-10(9)17-2/h3-5H,1-2H3,(H,15,16). The Bertz CT molecular complexity index is 598. The lowest BCUT2D eigenvalue weighted by molar-refractivity contribution is 0.415. The van der Waals surface area contributed by atoms with E-state index in [9.17, 15) is 4.39 Å². The minimum atomic E-state index is -0.373. The molecule has 0 atom stereocenters. The fourth-order valence-electron chi connectivity index (χ4n) is 1.64. The number of halogens is 1. The van der Waals surface area contributed by atoms with Crippen LogP contribution >= 0.6 is 0 Å². The lowest BCUT2D eigenvalue weighted by atomic mass is 10.1. The molecule has 1 heterocycles. The maximum Gasteiger partial charge on any atom is 0.210 e. The predicted octanol–water partition coefficient (Wildman–Crippen LogP) is 2.40. The predicted molar refractivity (Wildman–Crippen MR) is 60.0 cm³/mol. The third-order valence-electron chi connectivity index (χ3n) is 2.41. The van der Waals surface area contributed by atoms with Gasteiger partial charge in [0.1, 0.15) is 17.6 Å². The maximum absolute atomic E-state index is 13.2. The molecule has 0 saturated carbocycles. The second kappa shape index (κ2) is 4.26. The summed E-state index contributed by atoms with van der Waals surface area (Å²) in [6.07, 6.45) is 0. The smallest absolute Gasteiger partial charge is 0.210 e. The van der Waals surface area contributed by atoms with Crippen LogP contribution in [0.25, 0.3) is 11.3 Å². The minimum absolute atomic E-state index is 0.198. The van der Waals surface area contributed by atoms with Gasteiger partial charge in [-0.1, -0.05) is 0 Å². The third-order valence-corrected chi connectivity index (χ3v) is 2.41. The van der Waals surface area contributed by atoms with Gasteiger partial charge in [0.05, 0.1) is 12.8 Å². The van der Waals surface area contributed by atoms with Crippen LogP contribution in [0.2, 0.25) is 0 Å². The molecule has 0 aliphatic rings. The van der Waals surface area contributed by atoms with E-state index in [1.807, 2.05) is 6.07 Å². The summed E-state index contributed by atoms with van der Waals surface area (Å²) in [5, 5.41) is 8.75. The van der Waals surface area contributed by atoms with Crippen LogP contribution in [0.4, 0.5) is 4.39 Å². The quantitative estimate of drug-likeness (QED) is 0.863. The number of nitrogens with zero attached hydrogens (tertiary/aromatic N) is 2. The van der Waals surface area contributed by atoms with Gasteiger partial charge in [0.2, 0.25) is 5.82 Å². The van der Waals surface area contributed by atoms with E-state index in [-0.39, 0.29) is 11.6 Å². The van der Waals surface area contributed by atoms with Crippen LogP contribution in [0.5, 0.6) is 5.75 Å². The van der Waals surface area contributed by atoms with E-state index in [0.717, 1.165) is 0 Å². The highest BCUT2D eigenvalue weighted by molar-refractivity contribution is 5.69. The summed E-state index contributed by atoms with van der Waals surface area (Å²) < 4.78 is 18.4. The molecule has 2 rings (SSSR count). The van der Waals surface area contributed by atoms with Gasteiger partial charge in [0, 0.05) is 11.3 Å². The highest BCUT2D eigenvalue weighted by Crippen LogP contribution is 2.31. The van der Waals surface area contributed by atoms with Crippen molar-refractivity contribution in [2.75, 3.05) is 7.11 Å². The molecule has 1 aromatic heterocycles. The van der Waals surface area contributed by atoms with E-state index in [1.54, 1.807) is 6.92 Å². The molecule has 0 fully saturated rings. The summed E-state index contributed by atoms with van der Waals surface area (Å²) in [6, 6.07) is 6.09. The van der Waals surface area contributed by atoms with Gasteiger partial charge in [-0.3, -0.25) is 0 Å². The van der Waals surface area contributed by atoms with Crippen molar-refractivity contribution < 1.29 is 9.13 Å². The van der Waals surface area contributed by atoms with Crippen LogP contribution < -0.4 is 4.74 Å². The normalized spacial score (nSPS) is 10.0. The Balaban J connectivity index is 2.63. The van der Waals surface area contributed by atoms with E-state index in [0.29, 0.717) is 22.7 Å². The molecule has 0 amide bonds.